The highest BCUT2D eigenvalue weighted by Gasteiger charge is 2.01. The van der Waals surface area contributed by atoms with Crippen molar-refractivity contribution < 1.29 is 9.47 Å². The molecule has 0 bridgehead atoms. The Kier molecular flexibility index (Phi) is 6.48. The average Bonchev–Trinajstić information content (AvgIpc) is 2.28. The van der Waals surface area contributed by atoms with Gasteiger partial charge < -0.3 is 9.47 Å². The van der Waals surface area contributed by atoms with Crippen molar-refractivity contribution in [2.24, 2.45) is 0 Å². The van der Waals surface area contributed by atoms with Crippen molar-refractivity contribution in [2.45, 2.75) is 19.8 Å². The Hall–Kier alpha value is -0.510. The van der Waals surface area contributed by atoms with Crippen molar-refractivity contribution in [3.63, 3.8) is 0 Å². The highest BCUT2D eigenvalue weighted by molar-refractivity contribution is 7.98. The summed E-state index contributed by atoms with van der Waals surface area (Å²) in [5, 5.41) is 0. The SMILES string of the molecule is CSCCOC(C)OCc1ccccc1. The summed E-state index contributed by atoms with van der Waals surface area (Å²) >= 11 is 1.78. The molecule has 1 rings (SSSR count). The summed E-state index contributed by atoms with van der Waals surface area (Å²) in [7, 11) is 0. The number of ether oxygens (including phenoxy) is 2. The number of hydrogen-bond donors (Lipinski definition) is 0. The number of benzene rings is 1. The van der Waals surface area contributed by atoms with E-state index in [-0.39, 0.29) is 6.29 Å². The summed E-state index contributed by atoms with van der Waals surface area (Å²) < 4.78 is 11.0. The van der Waals surface area contributed by atoms with E-state index < -0.39 is 0 Å². The Morgan fingerprint density at radius 2 is 1.93 bits per heavy atom. The van der Waals surface area contributed by atoms with Gasteiger partial charge in [-0.15, -0.1) is 0 Å². The van der Waals surface area contributed by atoms with E-state index in [9.17, 15) is 0 Å². The molecule has 84 valence electrons. The fourth-order valence-electron chi connectivity index (χ4n) is 1.13. The van der Waals surface area contributed by atoms with Gasteiger partial charge in [-0.1, -0.05) is 30.3 Å². The lowest BCUT2D eigenvalue weighted by atomic mass is 10.2. The Bertz CT molecular complexity index is 251. The summed E-state index contributed by atoms with van der Waals surface area (Å²) in [4.78, 5) is 0. The molecule has 1 aromatic carbocycles. The molecule has 0 saturated heterocycles. The zero-order chi connectivity index (χ0) is 10.9. The summed E-state index contributed by atoms with van der Waals surface area (Å²) in [6, 6.07) is 10.1. The van der Waals surface area contributed by atoms with Crippen LogP contribution in [0.2, 0.25) is 0 Å². The monoisotopic (exact) mass is 226 g/mol. The molecule has 0 aliphatic heterocycles. The van der Waals surface area contributed by atoms with Crippen LogP contribution < -0.4 is 0 Å². The fourth-order valence-corrected chi connectivity index (χ4v) is 1.40. The zero-order valence-corrected chi connectivity index (χ0v) is 10.1. The van der Waals surface area contributed by atoms with Gasteiger partial charge in [-0.25, -0.2) is 0 Å². The first-order chi connectivity index (χ1) is 7.33. The molecule has 1 atom stereocenters. The smallest absolute Gasteiger partial charge is 0.155 e. The van der Waals surface area contributed by atoms with Gasteiger partial charge in [-0.2, -0.15) is 11.8 Å². The quantitative estimate of drug-likeness (QED) is 0.526. The Morgan fingerprint density at radius 3 is 2.60 bits per heavy atom. The highest BCUT2D eigenvalue weighted by Crippen LogP contribution is 2.04. The molecule has 2 nitrogen and oxygen atoms in total. The maximum Gasteiger partial charge on any atom is 0.155 e. The van der Waals surface area contributed by atoms with E-state index in [4.69, 9.17) is 9.47 Å². The third-order valence-electron chi connectivity index (χ3n) is 1.97. The highest BCUT2D eigenvalue weighted by atomic mass is 32.2. The second-order valence-corrected chi connectivity index (χ2v) is 4.21. The van der Waals surface area contributed by atoms with Crippen LogP contribution in [0.4, 0.5) is 0 Å². The molecule has 0 amide bonds. The van der Waals surface area contributed by atoms with Crippen LogP contribution in [-0.4, -0.2) is 24.9 Å². The van der Waals surface area contributed by atoms with E-state index in [0.29, 0.717) is 6.61 Å². The van der Waals surface area contributed by atoms with E-state index in [1.54, 1.807) is 11.8 Å². The van der Waals surface area contributed by atoms with Gasteiger partial charge >= 0.3 is 0 Å². The molecule has 0 aliphatic carbocycles. The summed E-state index contributed by atoms with van der Waals surface area (Å²) in [6.07, 6.45) is 1.94. The first-order valence-corrected chi connectivity index (χ1v) is 6.48. The van der Waals surface area contributed by atoms with Gasteiger partial charge in [0.05, 0.1) is 13.2 Å². The minimum absolute atomic E-state index is 0.127. The molecule has 15 heavy (non-hydrogen) atoms. The Balaban J connectivity index is 2.14. The zero-order valence-electron chi connectivity index (χ0n) is 9.31. The average molecular weight is 226 g/mol. The van der Waals surface area contributed by atoms with E-state index in [0.717, 1.165) is 12.4 Å². The van der Waals surface area contributed by atoms with Crippen LogP contribution in [0.25, 0.3) is 0 Å². The van der Waals surface area contributed by atoms with E-state index >= 15 is 0 Å². The normalized spacial score (nSPS) is 12.7. The molecular weight excluding hydrogens is 208 g/mol. The van der Waals surface area contributed by atoms with Crippen LogP contribution >= 0.6 is 11.8 Å². The van der Waals surface area contributed by atoms with Crippen molar-refractivity contribution in [1.29, 1.82) is 0 Å². The van der Waals surface area contributed by atoms with Gasteiger partial charge in [0.1, 0.15) is 0 Å². The predicted octanol–water partition coefficient (Wildman–Crippen LogP) is 2.93. The molecule has 1 aromatic rings. The second-order valence-electron chi connectivity index (χ2n) is 3.23. The minimum Gasteiger partial charge on any atom is -0.352 e. The molecule has 0 saturated carbocycles. The maximum atomic E-state index is 5.54. The lowest BCUT2D eigenvalue weighted by Gasteiger charge is -2.13. The van der Waals surface area contributed by atoms with Crippen LogP contribution in [0.1, 0.15) is 12.5 Å². The van der Waals surface area contributed by atoms with E-state index in [2.05, 4.69) is 18.4 Å². The van der Waals surface area contributed by atoms with E-state index in [1.165, 1.54) is 5.56 Å². The third kappa shape index (κ3) is 5.82. The molecule has 0 spiro atoms. The first-order valence-electron chi connectivity index (χ1n) is 5.09. The van der Waals surface area contributed by atoms with Gasteiger partial charge in [0.2, 0.25) is 0 Å². The molecule has 1 unspecified atom stereocenters. The Labute approximate surface area is 96.0 Å². The molecule has 0 radical (unpaired) electrons. The number of thioether (sulfide) groups is 1. The van der Waals surface area contributed by atoms with Gasteiger partial charge in [-0.3, -0.25) is 0 Å². The standard InChI is InChI=1S/C12H18O2S/c1-11(13-8-9-15-2)14-10-12-6-4-3-5-7-12/h3-7,11H,8-10H2,1-2H3. The molecule has 0 fully saturated rings. The third-order valence-corrected chi connectivity index (χ3v) is 2.54. The van der Waals surface area contributed by atoms with Crippen molar-refractivity contribution in [1.82, 2.24) is 0 Å². The fraction of sp³-hybridized carbons (Fsp3) is 0.500. The van der Waals surface area contributed by atoms with Crippen LogP contribution in [0.15, 0.2) is 30.3 Å². The minimum atomic E-state index is -0.127. The van der Waals surface area contributed by atoms with Crippen molar-refractivity contribution in [3.05, 3.63) is 35.9 Å². The van der Waals surface area contributed by atoms with Gasteiger partial charge in [-0.05, 0) is 18.7 Å². The van der Waals surface area contributed by atoms with Gasteiger partial charge in [0.15, 0.2) is 6.29 Å². The number of rotatable bonds is 7. The van der Waals surface area contributed by atoms with Crippen molar-refractivity contribution in [3.8, 4) is 0 Å². The van der Waals surface area contributed by atoms with E-state index in [1.807, 2.05) is 25.1 Å². The summed E-state index contributed by atoms with van der Waals surface area (Å²) in [5.74, 6) is 1.01. The molecule has 0 heterocycles. The van der Waals surface area contributed by atoms with Crippen LogP contribution in [0.5, 0.6) is 0 Å². The molecule has 0 N–H and O–H groups in total. The van der Waals surface area contributed by atoms with Gasteiger partial charge in [0, 0.05) is 5.75 Å². The summed E-state index contributed by atoms with van der Waals surface area (Å²) in [5.41, 5.74) is 1.18. The van der Waals surface area contributed by atoms with Crippen LogP contribution in [0, 0.1) is 0 Å². The Morgan fingerprint density at radius 1 is 1.20 bits per heavy atom. The predicted molar refractivity (Wildman–Crippen MR) is 65.0 cm³/mol. The van der Waals surface area contributed by atoms with Crippen molar-refractivity contribution >= 4 is 11.8 Å². The molecular formula is C12H18O2S. The van der Waals surface area contributed by atoms with Crippen LogP contribution in [-0.2, 0) is 16.1 Å². The largest absolute Gasteiger partial charge is 0.352 e. The summed E-state index contributed by atoms with van der Waals surface area (Å²) in [6.45, 7) is 3.29. The topological polar surface area (TPSA) is 18.5 Å². The molecule has 0 aromatic heterocycles. The maximum absolute atomic E-state index is 5.54. The number of hydrogen-bond acceptors (Lipinski definition) is 3. The van der Waals surface area contributed by atoms with Crippen molar-refractivity contribution in [2.75, 3.05) is 18.6 Å². The molecule has 3 heteroatoms. The lowest BCUT2D eigenvalue weighted by Crippen LogP contribution is -2.14. The second kappa shape index (κ2) is 7.74. The first kappa shape index (κ1) is 12.6. The lowest BCUT2D eigenvalue weighted by molar-refractivity contribution is -0.133. The van der Waals surface area contributed by atoms with Gasteiger partial charge in [0.25, 0.3) is 0 Å². The molecule has 0 aliphatic rings. The van der Waals surface area contributed by atoms with Crippen LogP contribution in [0.3, 0.4) is 0 Å².